The smallest absolute Gasteiger partial charge is 0.325 e. The first-order valence-corrected chi connectivity index (χ1v) is 12.8. The van der Waals surface area contributed by atoms with Crippen molar-refractivity contribution < 1.29 is 18.0 Å². The quantitative estimate of drug-likeness (QED) is 0.234. The maximum absolute atomic E-state index is 13.7. The second kappa shape index (κ2) is 10.5. The summed E-state index contributed by atoms with van der Waals surface area (Å²) in [7, 11) is 0. The Hall–Kier alpha value is -5.52. The first-order valence-electron chi connectivity index (χ1n) is 12.8. The minimum absolute atomic E-state index is 0.146. The molecule has 0 saturated carbocycles. The van der Waals surface area contributed by atoms with Gasteiger partial charge in [-0.05, 0) is 67.9 Å². The van der Waals surface area contributed by atoms with Crippen LogP contribution in [0.3, 0.4) is 0 Å². The van der Waals surface area contributed by atoms with E-state index in [1.165, 1.54) is 23.3 Å². The van der Waals surface area contributed by atoms with E-state index in [4.69, 9.17) is 4.98 Å². The van der Waals surface area contributed by atoms with Crippen molar-refractivity contribution in [2.45, 2.75) is 20.0 Å². The molecule has 6 rings (SSSR count). The number of fused-ring (bicyclic) bond motifs is 1. The second-order valence-electron chi connectivity index (χ2n) is 9.62. The third kappa shape index (κ3) is 5.29. The Morgan fingerprint density at radius 3 is 2.52 bits per heavy atom. The number of carbonyl (C=O) groups excluding carboxylic acids is 1. The molecule has 0 bridgehead atoms. The molecule has 3 heterocycles. The Morgan fingerprint density at radius 2 is 1.79 bits per heavy atom. The van der Waals surface area contributed by atoms with Crippen molar-refractivity contribution in [2.24, 2.45) is 0 Å². The number of carbonyl (C=O) groups is 1. The highest BCUT2D eigenvalue weighted by Gasteiger charge is 2.32. The molecular formula is C30H23F3N8O. The van der Waals surface area contributed by atoms with Crippen molar-refractivity contribution in [3.8, 4) is 11.5 Å². The summed E-state index contributed by atoms with van der Waals surface area (Å²) in [5.74, 6) is 0.401. The van der Waals surface area contributed by atoms with E-state index >= 15 is 0 Å². The van der Waals surface area contributed by atoms with Crippen LogP contribution >= 0.6 is 0 Å². The number of hydrogen-bond donors (Lipinski definition) is 2. The third-order valence-electron chi connectivity index (χ3n) is 6.62. The summed E-state index contributed by atoms with van der Waals surface area (Å²) >= 11 is 0. The summed E-state index contributed by atoms with van der Waals surface area (Å²) in [6.07, 6.45) is 1.43. The van der Waals surface area contributed by atoms with Crippen molar-refractivity contribution >= 4 is 34.3 Å². The summed E-state index contributed by atoms with van der Waals surface area (Å²) in [6, 6.07) is 17.7. The molecule has 0 atom stereocenters. The number of benzene rings is 3. The molecule has 6 aromatic rings. The number of nitrogens with zero attached hydrogens (tertiary/aromatic N) is 6. The van der Waals surface area contributed by atoms with E-state index in [-0.39, 0.29) is 11.3 Å². The normalized spacial score (nSPS) is 11.5. The van der Waals surface area contributed by atoms with Gasteiger partial charge in [-0.1, -0.05) is 18.2 Å². The molecule has 0 aliphatic carbocycles. The monoisotopic (exact) mass is 568 g/mol. The fourth-order valence-corrected chi connectivity index (χ4v) is 4.53. The molecule has 0 fully saturated rings. The SMILES string of the molecule is Cc1cn(-c2cc(C(=O)Nc3ccc(C)c(Nc4nc5ccccc5n4-c4ccncn4)c3)cc(C(F)(F)F)c2)cn1. The van der Waals surface area contributed by atoms with Crippen molar-refractivity contribution in [1.82, 2.24) is 29.1 Å². The fraction of sp³-hybridized carbons (Fsp3) is 0.100. The lowest BCUT2D eigenvalue weighted by Gasteiger charge is -2.15. The van der Waals surface area contributed by atoms with Crippen LogP contribution in [-0.2, 0) is 6.18 Å². The molecule has 0 unspecified atom stereocenters. The average molecular weight is 569 g/mol. The summed E-state index contributed by atoms with van der Waals surface area (Å²) in [5, 5.41) is 6.05. The summed E-state index contributed by atoms with van der Waals surface area (Å²) in [4.78, 5) is 30.4. The van der Waals surface area contributed by atoms with Gasteiger partial charge >= 0.3 is 6.18 Å². The lowest BCUT2D eigenvalue weighted by atomic mass is 10.1. The number of para-hydroxylation sites is 2. The Labute approximate surface area is 237 Å². The van der Waals surface area contributed by atoms with Crippen molar-refractivity contribution in [2.75, 3.05) is 10.6 Å². The number of imidazole rings is 2. The number of halogens is 3. The van der Waals surface area contributed by atoms with Gasteiger partial charge in [0.05, 0.1) is 28.6 Å². The highest BCUT2D eigenvalue weighted by Crippen LogP contribution is 2.33. The van der Waals surface area contributed by atoms with E-state index in [0.29, 0.717) is 28.8 Å². The molecule has 0 saturated heterocycles. The average Bonchev–Trinajstić information content (AvgIpc) is 3.57. The standard InChI is InChI=1S/C30H23F3N8O/c1-18-7-8-22(37-28(42)20-11-21(30(31,32)33)13-23(12-20)40-15-19(2)36-17-40)14-25(18)39-29-38-24-5-3-4-6-26(24)41(29)27-9-10-34-16-35-27/h3-17H,1-2H3,(H,37,42)(H,38,39). The molecule has 2 N–H and O–H groups in total. The molecule has 0 aliphatic heterocycles. The van der Waals surface area contributed by atoms with Gasteiger partial charge in [0.15, 0.2) is 0 Å². The highest BCUT2D eigenvalue weighted by atomic mass is 19.4. The summed E-state index contributed by atoms with van der Waals surface area (Å²) < 4.78 is 44.4. The predicted octanol–water partition coefficient (Wildman–Crippen LogP) is 6.63. The topological polar surface area (TPSA) is 103 Å². The molecule has 0 radical (unpaired) electrons. The number of anilines is 3. The molecule has 3 aromatic carbocycles. The van der Waals surface area contributed by atoms with Crippen LogP contribution < -0.4 is 10.6 Å². The summed E-state index contributed by atoms with van der Waals surface area (Å²) in [6.45, 7) is 3.61. The van der Waals surface area contributed by atoms with Crippen LogP contribution in [0.25, 0.3) is 22.5 Å². The molecule has 0 spiro atoms. The van der Waals surface area contributed by atoms with Crippen LogP contribution in [-0.4, -0.2) is 35.0 Å². The Balaban J connectivity index is 1.33. The maximum Gasteiger partial charge on any atom is 0.416 e. The molecule has 42 heavy (non-hydrogen) atoms. The van der Waals surface area contributed by atoms with Gasteiger partial charge in [0.25, 0.3) is 5.91 Å². The highest BCUT2D eigenvalue weighted by molar-refractivity contribution is 6.05. The van der Waals surface area contributed by atoms with Gasteiger partial charge in [-0.3, -0.25) is 9.36 Å². The third-order valence-corrected chi connectivity index (χ3v) is 6.62. The number of aryl methyl sites for hydroxylation is 2. The van der Waals surface area contributed by atoms with Crippen LogP contribution in [0.1, 0.15) is 27.2 Å². The molecule has 210 valence electrons. The molecule has 9 nitrogen and oxygen atoms in total. The largest absolute Gasteiger partial charge is 0.416 e. The number of nitrogens with one attached hydrogen (secondary N) is 2. The van der Waals surface area contributed by atoms with Gasteiger partial charge in [0, 0.05) is 35.0 Å². The van der Waals surface area contributed by atoms with E-state index in [9.17, 15) is 18.0 Å². The zero-order chi connectivity index (χ0) is 29.4. The second-order valence-corrected chi connectivity index (χ2v) is 9.62. The Bertz CT molecular complexity index is 1930. The molecule has 3 aromatic heterocycles. The van der Waals surface area contributed by atoms with E-state index < -0.39 is 17.6 Å². The number of hydrogen-bond acceptors (Lipinski definition) is 6. The van der Waals surface area contributed by atoms with Crippen LogP contribution in [0.5, 0.6) is 0 Å². The Kier molecular flexibility index (Phi) is 6.65. The van der Waals surface area contributed by atoms with Gasteiger partial charge < -0.3 is 15.2 Å². The minimum atomic E-state index is -4.64. The van der Waals surface area contributed by atoms with Crippen LogP contribution in [0.4, 0.5) is 30.5 Å². The number of aromatic nitrogens is 6. The zero-order valence-corrected chi connectivity index (χ0v) is 22.4. The minimum Gasteiger partial charge on any atom is -0.325 e. The fourth-order valence-electron chi connectivity index (χ4n) is 4.53. The lowest BCUT2D eigenvalue weighted by Crippen LogP contribution is -2.15. The predicted molar refractivity (Wildman–Crippen MR) is 152 cm³/mol. The van der Waals surface area contributed by atoms with E-state index in [1.54, 1.807) is 43.6 Å². The molecule has 1 amide bonds. The van der Waals surface area contributed by atoms with E-state index in [0.717, 1.165) is 28.7 Å². The molecule has 0 aliphatic rings. The van der Waals surface area contributed by atoms with E-state index in [1.807, 2.05) is 35.8 Å². The maximum atomic E-state index is 13.7. The lowest BCUT2D eigenvalue weighted by molar-refractivity contribution is -0.137. The summed E-state index contributed by atoms with van der Waals surface area (Å²) in [5.41, 5.74) is 3.16. The van der Waals surface area contributed by atoms with Crippen molar-refractivity contribution in [3.05, 3.63) is 114 Å². The van der Waals surface area contributed by atoms with Gasteiger partial charge in [-0.2, -0.15) is 13.2 Å². The first kappa shape index (κ1) is 26.7. The van der Waals surface area contributed by atoms with Gasteiger partial charge in [0.2, 0.25) is 5.95 Å². The molecular weight excluding hydrogens is 545 g/mol. The first-order chi connectivity index (χ1) is 20.2. The van der Waals surface area contributed by atoms with E-state index in [2.05, 4.69) is 25.6 Å². The number of amides is 1. The Morgan fingerprint density at radius 1 is 0.952 bits per heavy atom. The van der Waals surface area contributed by atoms with Crippen molar-refractivity contribution in [1.29, 1.82) is 0 Å². The van der Waals surface area contributed by atoms with Gasteiger partial charge in [0.1, 0.15) is 12.1 Å². The van der Waals surface area contributed by atoms with Gasteiger partial charge in [-0.15, -0.1) is 0 Å². The van der Waals surface area contributed by atoms with Crippen molar-refractivity contribution in [3.63, 3.8) is 0 Å². The van der Waals surface area contributed by atoms with Gasteiger partial charge in [-0.25, -0.2) is 19.9 Å². The number of alkyl halides is 3. The van der Waals surface area contributed by atoms with Crippen LogP contribution in [0.15, 0.2) is 91.8 Å². The van der Waals surface area contributed by atoms with Crippen LogP contribution in [0.2, 0.25) is 0 Å². The zero-order valence-electron chi connectivity index (χ0n) is 22.4. The van der Waals surface area contributed by atoms with Crippen LogP contribution in [0, 0.1) is 13.8 Å². The number of rotatable bonds is 6. The molecule has 12 heteroatoms.